The third kappa shape index (κ3) is 2.18. The smallest absolute Gasteiger partial charge is 0.258 e. The summed E-state index contributed by atoms with van der Waals surface area (Å²) in [7, 11) is 0. The molecule has 0 saturated carbocycles. The van der Waals surface area contributed by atoms with E-state index in [0.29, 0.717) is 11.7 Å². The highest BCUT2D eigenvalue weighted by Crippen LogP contribution is 2.28. The normalized spacial score (nSPS) is 13.0. The second-order valence-electron chi connectivity index (χ2n) is 5.25. The van der Waals surface area contributed by atoms with Crippen LogP contribution in [0.15, 0.2) is 47.0 Å². The molecule has 0 aliphatic carbocycles. The van der Waals surface area contributed by atoms with Crippen LogP contribution >= 0.6 is 0 Å². The SMILES string of the molecule is CC(C)C(N)c1noc(-c2cccc3ccccc23)n1. The maximum Gasteiger partial charge on any atom is 0.258 e. The van der Waals surface area contributed by atoms with Crippen molar-refractivity contribution < 1.29 is 4.52 Å². The third-order valence-electron chi connectivity index (χ3n) is 3.48. The minimum Gasteiger partial charge on any atom is -0.334 e. The van der Waals surface area contributed by atoms with Crippen molar-refractivity contribution in [2.24, 2.45) is 11.7 Å². The number of nitrogens with two attached hydrogens (primary N) is 1. The van der Waals surface area contributed by atoms with E-state index >= 15 is 0 Å². The summed E-state index contributed by atoms with van der Waals surface area (Å²) in [5, 5.41) is 6.26. The fraction of sp³-hybridized carbons (Fsp3) is 0.250. The van der Waals surface area contributed by atoms with Crippen LogP contribution in [0.4, 0.5) is 0 Å². The van der Waals surface area contributed by atoms with Crippen LogP contribution in [0, 0.1) is 5.92 Å². The van der Waals surface area contributed by atoms with Crippen molar-refractivity contribution in [1.29, 1.82) is 0 Å². The van der Waals surface area contributed by atoms with Gasteiger partial charge in [0, 0.05) is 5.56 Å². The Balaban J connectivity index is 2.08. The minimum absolute atomic E-state index is 0.206. The first-order chi connectivity index (χ1) is 9.66. The summed E-state index contributed by atoms with van der Waals surface area (Å²) in [6.45, 7) is 4.08. The predicted octanol–water partition coefficient (Wildman–Crippen LogP) is 3.55. The predicted molar refractivity (Wildman–Crippen MR) is 79.0 cm³/mol. The molecule has 1 heterocycles. The van der Waals surface area contributed by atoms with E-state index in [4.69, 9.17) is 10.3 Å². The zero-order chi connectivity index (χ0) is 14.1. The van der Waals surface area contributed by atoms with Gasteiger partial charge in [0.15, 0.2) is 5.82 Å². The summed E-state index contributed by atoms with van der Waals surface area (Å²) in [6, 6.07) is 14.0. The van der Waals surface area contributed by atoms with Crippen LogP contribution in [0.25, 0.3) is 22.2 Å². The second kappa shape index (κ2) is 5.06. The first-order valence-electron chi connectivity index (χ1n) is 6.74. The summed E-state index contributed by atoms with van der Waals surface area (Å²) in [4.78, 5) is 4.45. The zero-order valence-corrected chi connectivity index (χ0v) is 11.6. The standard InChI is InChI=1S/C16H17N3O/c1-10(2)14(17)15-18-16(20-19-15)13-9-5-7-11-6-3-4-8-12(11)13/h3-10,14H,17H2,1-2H3. The summed E-state index contributed by atoms with van der Waals surface area (Å²) >= 11 is 0. The number of hydrogen-bond donors (Lipinski definition) is 1. The third-order valence-corrected chi connectivity index (χ3v) is 3.48. The molecule has 1 aromatic heterocycles. The molecule has 20 heavy (non-hydrogen) atoms. The molecular weight excluding hydrogens is 250 g/mol. The number of rotatable bonds is 3. The average Bonchev–Trinajstić information content (AvgIpc) is 2.95. The maximum absolute atomic E-state index is 6.06. The lowest BCUT2D eigenvalue weighted by Gasteiger charge is -2.09. The molecule has 0 saturated heterocycles. The van der Waals surface area contributed by atoms with Gasteiger partial charge in [-0.05, 0) is 22.8 Å². The van der Waals surface area contributed by atoms with Crippen molar-refractivity contribution in [3.05, 3.63) is 48.3 Å². The van der Waals surface area contributed by atoms with Crippen LogP contribution in [0.3, 0.4) is 0 Å². The zero-order valence-electron chi connectivity index (χ0n) is 11.6. The monoisotopic (exact) mass is 267 g/mol. The van der Waals surface area contributed by atoms with Gasteiger partial charge in [-0.3, -0.25) is 0 Å². The van der Waals surface area contributed by atoms with Crippen molar-refractivity contribution in [2.45, 2.75) is 19.9 Å². The summed E-state index contributed by atoms with van der Waals surface area (Å²) in [5.74, 6) is 1.35. The molecule has 4 heteroatoms. The summed E-state index contributed by atoms with van der Waals surface area (Å²) in [5.41, 5.74) is 7.00. The fourth-order valence-electron chi connectivity index (χ4n) is 2.19. The van der Waals surface area contributed by atoms with Crippen molar-refractivity contribution in [3.8, 4) is 11.5 Å². The van der Waals surface area contributed by atoms with Crippen molar-refractivity contribution >= 4 is 10.8 Å². The van der Waals surface area contributed by atoms with Crippen LogP contribution in [0.5, 0.6) is 0 Å². The topological polar surface area (TPSA) is 64.9 Å². The average molecular weight is 267 g/mol. The van der Waals surface area contributed by atoms with Gasteiger partial charge >= 0.3 is 0 Å². The van der Waals surface area contributed by atoms with E-state index in [1.807, 2.05) is 38.1 Å². The highest BCUT2D eigenvalue weighted by atomic mass is 16.5. The van der Waals surface area contributed by atoms with E-state index < -0.39 is 0 Å². The van der Waals surface area contributed by atoms with Crippen molar-refractivity contribution in [3.63, 3.8) is 0 Å². The largest absolute Gasteiger partial charge is 0.334 e. The Kier molecular flexibility index (Phi) is 3.24. The van der Waals surface area contributed by atoms with Crippen LogP contribution in [0.1, 0.15) is 25.7 Å². The van der Waals surface area contributed by atoms with Gasteiger partial charge in [0.1, 0.15) is 0 Å². The Morgan fingerprint density at radius 3 is 2.60 bits per heavy atom. The molecule has 0 aliphatic rings. The summed E-state index contributed by atoms with van der Waals surface area (Å²) in [6.07, 6.45) is 0. The number of hydrogen-bond acceptors (Lipinski definition) is 4. The molecule has 3 rings (SSSR count). The van der Waals surface area contributed by atoms with E-state index in [-0.39, 0.29) is 12.0 Å². The van der Waals surface area contributed by atoms with E-state index in [2.05, 4.69) is 28.3 Å². The molecule has 0 radical (unpaired) electrons. The number of fused-ring (bicyclic) bond motifs is 1. The number of nitrogens with zero attached hydrogens (tertiary/aromatic N) is 2. The molecule has 0 spiro atoms. The fourth-order valence-corrected chi connectivity index (χ4v) is 2.19. The van der Waals surface area contributed by atoms with Gasteiger partial charge in [0.05, 0.1) is 6.04 Å². The van der Waals surface area contributed by atoms with Gasteiger partial charge in [-0.1, -0.05) is 55.4 Å². The Bertz CT molecular complexity index is 728. The molecule has 0 amide bonds. The van der Waals surface area contributed by atoms with Gasteiger partial charge < -0.3 is 10.3 Å². The molecule has 0 bridgehead atoms. The van der Waals surface area contributed by atoms with E-state index in [1.165, 1.54) is 0 Å². The number of benzene rings is 2. The van der Waals surface area contributed by atoms with Crippen LogP contribution < -0.4 is 5.73 Å². The van der Waals surface area contributed by atoms with E-state index in [1.54, 1.807) is 0 Å². The molecule has 0 aliphatic heterocycles. The van der Waals surface area contributed by atoms with Crippen LogP contribution in [0.2, 0.25) is 0 Å². The minimum atomic E-state index is -0.206. The Morgan fingerprint density at radius 1 is 1.05 bits per heavy atom. The van der Waals surface area contributed by atoms with Gasteiger partial charge in [0.2, 0.25) is 0 Å². The van der Waals surface area contributed by atoms with Gasteiger partial charge in [0.25, 0.3) is 5.89 Å². The van der Waals surface area contributed by atoms with Crippen molar-refractivity contribution in [2.75, 3.05) is 0 Å². The highest BCUT2D eigenvalue weighted by molar-refractivity contribution is 5.94. The van der Waals surface area contributed by atoms with Crippen LogP contribution in [-0.2, 0) is 0 Å². The van der Waals surface area contributed by atoms with Gasteiger partial charge in [-0.25, -0.2) is 0 Å². The first kappa shape index (κ1) is 12.8. The molecule has 2 aromatic carbocycles. The molecule has 3 aromatic rings. The van der Waals surface area contributed by atoms with E-state index in [9.17, 15) is 0 Å². The highest BCUT2D eigenvalue weighted by Gasteiger charge is 2.18. The molecule has 1 unspecified atom stereocenters. The lowest BCUT2D eigenvalue weighted by Crippen LogP contribution is -2.18. The quantitative estimate of drug-likeness (QED) is 0.788. The number of aromatic nitrogens is 2. The molecule has 0 fully saturated rings. The van der Waals surface area contributed by atoms with Crippen LogP contribution in [-0.4, -0.2) is 10.1 Å². The molecule has 102 valence electrons. The summed E-state index contributed by atoms with van der Waals surface area (Å²) < 4.78 is 5.39. The van der Waals surface area contributed by atoms with Gasteiger partial charge in [-0.2, -0.15) is 4.98 Å². The second-order valence-corrected chi connectivity index (χ2v) is 5.25. The lowest BCUT2D eigenvalue weighted by atomic mass is 10.0. The Labute approximate surface area is 117 Å². The van der Waals surface area contributed by atoms with Crippen molar-refractivity contribution in [1.82, 2.24) is 10.1 Å². The first-order valence-corrected chi connectivity index (χ1v) is 6.74. The maximum atomic E-state index is 6.06. The van der Waals surface area contributed by atoms with Gasteiger partial charge in [-0.15, -0.1) is 0 Å². The van der Waals surface area contributed by atoms with E-state index in [0.717, 1.165) is 16.3 Å². The molecule has 4 nitrogen and oxygen atoms in total. The lowest BCUT2D eigenvalue weighted by molar-refractivity contribution is 0.400. The molecule has 2 N–H and O–H groups in total. The Hall–Kier alpha value is -2.20. The molecular formula is C16H17N3O. The Morgan fingerprint density at radius 2 is 1.80 bits per heavy atom. The molecule has 1 atom stereocenters.